The molecule has 0 aromatic rings. The smallest absolute Gasteiger partial charge is 0.381 e. The van der Waals surface area contributed by atoms with E-state index in [0.29, 0.717) is 12.8 Å². The normalized spacial score (nSPS) is 15.2. The first-order chi connectivity index (χ1) is 15.1. The van der Waals surface area contributed by atoms with Crippen LogP contribution >= 0.6 is 0 Å². The van der Waals surface area contributed by atoms with Gasteiger partial charge in [-0.15, -0.1) is 0 Å². The van der Waals surface area contributed by atoms with Gasteiger partial charge in [0.1, 0.15) is 0 Å². The average molecular weight is 540 g/mol. The molecule has 0 aliphatic carbocycles. The van der Waals surface area contributed by atoms with E-state index in [0.717, 1.165) is 25.7 Å². The van der Waals surface area contributed by atoms with Gasteiger partial charge in [-0.25, -0.2) is 0 Å². The highest BCUT2D eigenvalue weighted by molar-refractivity contribution is 5.12. The molecule has 0 unspecified atom stereocenters. The zero-order valence-electron chi connectivity index (χ0n) is 17.6. The Morgan fingerprint density at radius 1 is 0.441 bits per heavy atom. The number of rotatable bonds is 16. The van der Waals surface area contributed by atoms with E-state index in [1.807, 2.05) is 6.92 Å². The van der Waals surface area contributed by atoms with Crippen molar-refractivity contribution < 1.29 is 70.6 Å². The number of ether oxygens (including phenoxy) is 1. The van der Waals surface area contributed by atoms with Gasteiger partial charge in [-0.05, 0) is 12.8 Å². The van der Waals surface area contributed by atoms with Crippen LogP contribution in [0.4, 0.5) is 65.9 Å². The number of hydrogen-bond donors (Lipinski definition) is 0. The second kappa shape index (κ2) is 11.3. The SMILES string of the molecule is CCCCCCCCOCCCC(F)(F)C(F)(F)C(F)(F)C(F)(F)C(F)(F)C(F)(F)C(F)(F)F. The third kappa shape index (κ3) is 6.37. The van der Waals surface area contributed by atoms with Crippen molar-refractivity contribution in [3.05, 3.63) is 0 Å². The number of alkyl halides is 15. The quantitative estimate of drug-likeness (QED) is 0.141. The minimum atomic E-state index is -8.24. The van der Waals surface area contributed by atoms with Gasteiger partial charge < -0.3 is 4.74 Å². The van der Waals surface area contributed by atoms with Crippen LogP contribution in [-0.2, 0) is 4.74 Å². The molecule has 0 aliphatic heterocycles. The molecule has 0 N–H and O–H groups in total. The van der Waals surface area contributed by atoms with Crippen LogP contribution in [0.3, 0.4) is 0 Å². The fourth-order valence-corrected chi connectivity index (χ4v) is 2.64. The van der Waals surface area contributed by atoms with E-state index >= 15 is 0 Å². The molecule has 0 fully saturated rings. The zero-order valence-corrected chi connectivity index (χ0v) is 17.6. The summed E-state index contributed by atoms with van der Waals surface area (Å²) in [5, 5.41) is 0. The zero-order chi connectivity index (χ0) is 27.3. The van der Waals surface area contributed by atoms with Crippen molar-refractivity contribution in [2.24, 2.45) is 0 Å². The van der Waals surface area contributed by atoms with Gasteiger partial charge in [-0.3, -0.25) is 0 Å². The van der Waals surface area contributed by atoms with Crippen LogP contribution in [0.25, 0.3) is 0 Å². The highest BCUT2D eigenvalue weighted by Crippen LogP contribution is 2.62. The lowest BCUT2D eigenvalue weighted by Gasteiger charge is -2.41. The number of unbranched alkanes of at least 4 members (excludes halogenated alkanes) is 5. The van der Waals surface area contributed by atoms with Crippen LogP contribution in [0.1, 0.15) is 58.3 Å². The molecule has 0 amide bonds. The molecule has 16 heteroatoms. The minimum absolute atomic E-state index is 0.0545. The minimum Gasteiger partial charge on any atom is -0.381 e. The van der Waals surface area contributed by atoms with Crippen LogP contribution in [0.2, 0.25) is 0 Å². The van der Waals surface area contributed by atoms with E-state index < -0.39 is 61.2 Å². The Balaban J connectivity index is 5.28. The van der Waals surface area contributed by atoms with E-state index in [2.05, 4.69) is 0 Å². The first-order valence-corrected chi connectivity index (χ1v) is 9.97. The van der Waals surface area contributed by atoms with Crippen LogP contribution in [0.5, 0.6) is 0 Å². The van der Waals surface area contributed by atoms with Gasteiger partial charge in [0, 0.05) is 19.6 Å². The summed E-state index contributed by atoms with van der Waals surface area (Å²) in [5.74, 6) is -46.0. The standard InChI is InChI=1S/C18H23F15O/c1-2-3-4-5-6-7-10-34-11-8-9-12(19,20)13(21,22)14(23,24)15(25,26)16(27,28)17(29,30)18(31,32)33/h2-11H2,1H3. The Labute approximate surface area is 185 Å². The molecular weight excluding hydrogens is 517 g/mol. The summed E-state index contributed by atoms with van der Waals surface area (Å²) < 4.78 is 201. The van der Waals surface area contributed by atoms with E-state index in [1.54, 1.807) is 0 Å². The Morgan fingerprint density at radius 2 is 0.824 bits per heavy atom. The van der Waals surface area contributed by atoms with Crippen LogP contribution in [0.15, 0.2) is 0 Å². The maximum atomic E-state index is 13.6. The molecule has 1 nitrogen and oxygen atoms in total. The lowest BCUT2D eigenvalue weighted by molar-refractivity contribution is -0.452. The van der Waals surface area contributed by atoms with Crippen molar-refractivity contribution in [2.45, 2.75) is 100 Å². The lowest BCUT2D eigenvalue weighted by atomic mass is 9.90. The molecule has 0 rings (SSSR count). The second-order valence-corrected chi connectivity index (χ2v) is 7.56. The second-order valence-electron chi connectivity index (χ2n) is 7.56. The lowest BCUT2D eigenvalue weighted by Crippen LogP contribution is -2.72. The van der Waals surface area contributed by atoms with Crippen LogP contribution in [0, 0.1) is 0 Å². The summed E-state index contributed by atoms with van der Waals surface area (Å²) in [4.78, 5) is 0. The monoisotopic (exact) mass is 540 g/mol. The van der Waals surface area contributed by atoms with Crippen molar-refractivity contribution >= 4 is 0 Å². The third-order valence-corrected chi connectivity index (χ3v) is 4.81. The molecular formula is C18H23F15O. The van der Waals surface area contributed by atoms with Crippen molar-refractivity contribution in [1.82, 2.24) is 0 Å². The summed E-state index contributed by atoms with van der Waals surface area (Å²) in [6.07, 6.45) is -6.39. The molecule has 0 spiro atoms. The van der Waals surface area contributed by atoms with Gasteiger partial charge in [-0.1, -0.05) is 39.0 Å². The van der Waals surface area contributed by atoms with E-state index in [1.165, 1.54) is 0 Å². The predicted octanol–water partition coefficient (Wildman–Crippen LogP) is 8.52. The van der Waals surface area contributed by atoms with Crippen molar-refractivity contribution in [3.8, 4) is 0 Å². The first kappa shape index (κ1) is 32.9. The summed E-state index contributed by atoms with van der Waals surface area (Å²) in [6, 6.07) is 0. The molecule has 206 valence electrons. The highest BCUT2D eigenvalue weighted by Gasteiger charge is 2.93. The predicted molar refractivity (Wildman–Crippen MR) is 89.2 cm³/mol. The fraction of sp³-hybridized carbons (Fsp3) is 1.00. The molecule has 0 radical (unpaired) electrons. The van der Waals surface area contributed by atoms with Crippen molar-refractivity contribution in [1.29, 1.82) is 0 Å². The maximum absolute atomic E-state index is 13.6. The number of halogens is 15. The molecule has 0 heterocycles. The third-order valence-electron chi connectivity index (χ3n) is 4.81. The molecule has 0 aromatic carbocycles. The van der Waals surface area contributed by atoms with Crippen molar-refractivity contribution in [2.75, 3.05) is 13.2 Å². The molecule has 0 bridgehead atoms. The molecule has 0 saturated carbocycles. The van der Waals surface area contributed by atoms with Gasteiger partial charge in [-0.2, -0.15) is 65.9 Å². The van der Waals surface area contributed by atoms with Gasteiger partial charge >= 0.3 is 41.7 Å². The van der Waals surface area contributed by atoms with Gasteiger partial charge in [0.15, 0.2) is 0 Å². The van der Waals surface area contributed by atoms with E-state index in [4.69, 9.17) is 4.74 Å². The maximum Gasteiger partial charge on any atom is 0.460 e. The van der Waals surface area contributed by atoms with Crippen molar-refractivity contribution in [3.63, 3.8) is 0 Å². The molecule has 34 heavy (non-hydrogen) atoms. The number of hydrogen-bond acceptors (Lipinski definition) is 1. The summed E-state index contributed by atoms with van der Waals surface area (Å²) >= 11 is 0. The van der Waals surface area contributed by atoms with Gasteiger partial charge in [0.05, 0.1) is 0 Å². The first-order valence-electron chi connectivity index (χ1n) is 9.97. The topological polar surface area (TPSA) is 9.23 Å². The Hall–Kier alpha value is -1.09. The average Bonchev–Trinajstić information content (AvgIpc) is 2.67. The Morgan fingerprint density at radius 3 is 1.29 bits per heavy atom. The van der Waals surface area contributed by atoms with Crippen LogP contribution in [-0.4, -0.2) is 54.9 Å². The Bertz CT molecular complexity index is 613. The molecule has 0 aliphatic rings. The van der Waals surface area contributed by atoms with E-state index in [-0.39, 0.29) is 6.61 Å². The molecule has 0 saturated heterocycles. The Kier molecular flexibility index (Phi) is 11.0. The summed E-state index contributed by atoms with van der Waals surface area (Å²) in [6.45, 7) is 1.15. The largest absolute Gasteiger partial charge is 0.460 e. The summed E-state index contributed by atoms with van der Waals surface area (Å²) in [5.41, 5.74) is 0. The molecule has 0 aromatic heterocycles. The van der Waals surface area contributed by atoms with Crippen LogP contribution < -0.4 is 0 Å². The van der Waals surface area contributed by atoms with E-state index in [9.17, 15) is 65.9 Å². The molecule has 0 atom stereocenters. The van der Waals surface area contributed by atoms with Gasteiger partial charge in [0.2, 0.25) is 0 Å². The fourth-order valence-electron chi connectivity index (χ4n) is 2.64. The van der Waals surface area contributed by atoms with Gasteiger partial charge in [0.25, 0.3) is 0 Å². The summed E-state index contributed by atoms with van der Waals surface area (Å²) in [7, 11) is 0. The highest BCUT2D eigenvalue weighted by atomic mass is 19.4.